The molecule has 1 aromatic rings. The molecule has 1 N–H and O–H groups in total. The van der Waals surface area contributed by atoms with Gasteiger partial charge in [0.25, 0.3) is 5.69 Å². The van der Waals surface area contributed by atoms with Crippen molar-refractivity contribution >= 4 is 17.0 Å². The molecular weight excluding hydrogens is 166 g/mol. The third-order valence-corrected chi connectivity index (χ3v) is 2.32. The maximum atomic E-state index is 10.2. The lowest BCUT2D eigenvalue weighted by Gasteiger charge is -1.94. The topological polar surface area (TPSA) is 63.4 Å². The van der Waals surface area contributed by atoms with Crippen LogP contribution >= 0.6 is 11.3 Å². The zero-order valence-corrected chi connectivity index (χ0v) is 6.67. The van der Waals surface area contributed by atoms with Gasteiger partial charge >= 0.3 is 0 Å². The lowest BCUT2D eigenvalue weighted by atomic mass is 10.3. The molecule has 1 rings (SSSR count). The van der Waals surface area contributed by atoms with Crippen molar-refractivity contribution in [2.24, 2.45) is 0 Å². The van der Waals surface area contributed by atoms with E-state index in [2.05, 4.69) is 0 Å². The first-order valence-corrected chi connectivity index (χ1v) is 3.90. The number of hydrogen-bond donors (Lipinski definition) is 1. The van der Waals surface area contributed by atoms with Crippen molar-refractivity contribution in [2.75, 3.05) is 0 Å². The van der Waals surface area contributed by atoms with Crippen molar-refractivity contribution in [1.29, 1.82) is 0 Å². The van der Waals surface area contributed by atoms with E-state index in [9.17, 15) is 10.1 Å². The largest absolute Gasteiger partial charge is 0.388 e. The van der Waals surface area contributed by atoms with E-state index in [1.54, 1.807) is 6.92 Å². The van der Waals surface area contributed by atoms with Crippen LogP contribution in [-0.2, 0) is 0 Å². The molecule has 11 heavy (non-hydrogen) atoms. The molecule has 0 bridgehead atoms. The molecule has 0 aliphatic carbocycles. The molecule has 0 aromatic carbocycles. The molecule has 0 spiro atoms. The Balaban J connectivity index is 2.90. The fourth-order valence-electron chi connectivity index (χ4n) is 0.657. The summed E-state index contributed by atoms with van der Waals surface area (Å²) in [5.41, 5.74) is 0.0471. The first-order valence-electron chi connectivity index (χ1n) is 3.02. The Morgan fingerprint density at radius 2 is 2.45 bits per heavy atom. The van der Waals surface area contributed by atoms with Gasteiger partial charge < -0.3 is 5.11 Å². The van der Waals surface area contributed by atoms with Crippen LogP contribution < -0.4 is 0 Å². The predicted molar refractivity (Wildman–Crippen MR) is 41.6 cm³/mol. The minimum atomic E-state index is -0.617. The van der Waals surface area contributed by atoms with Crippen molar-refractivity contribution in [3.05, 3.63) is 26.4 Å². The summed E-state index contributed by atoms with van der Waals surface area (Å²) in [6, 6.07) is 1.38. The Morgan fingerprint density at radius 3 is 2.73 bits per heavy atom. The minimum absolute atomic E-state index is 0.0471. The summed E-state index contributed by atoms with van der Waals surface area (Å²) in [7, 11) is 0. The number of nitrogens with zero attached hydrogens (tertiary/aromatic N) is 1. The molecule has 0 fully saturated rings. The van der Waals surface area contributed by atoms with E-state index in [0.717, 1.165) is 0 Å². The summed E-state index contributed by atoms with van der Waals surface area (Å²) in [4.78, 5) is 10.3. The Hall–Kier alpha value is -0.940. The fraction of sp³-hybridized carbons (Fsp3) is 0.333. The number of hydrogen-bond acceptors (Lipinski definition) is 4. The molecule has 4 nitrogen and oxygen atoms in total. The molecule has 1 atom stereocenters. The molecule has 0 amide bonds. The van der Waals surface area contributed by atoms with Gasteiger partial charge in [-0.3, -0.25) is 10.1 Å². The van der Waals surface area contributed by atoms with Gasteiger partial charge in [0.2, 0.25) is 0 Å². The molecule has 0 saturated carbocycles. The van der Waals surface area contributed by atoms with Gasteiger partial charge in [-0.2, -0.15) is 0 Å². The van der Waals surface area contributed by atoms with E-state index >= 15 is 0 Å². The second-order valence-corrected chi connectivity index (χ2v) is 3.08. The third kappa shape index (κ3) is 1.75. The third-order valence-electron chi connectivity index (χ3n) is 1.23. The Bertz CT molecular complexity index is 269. The van der Waals surface area contributed by atoms with Crippen LogP contribution in [-0.4, -0.2) is 10.0 Å². The summed E-state index contributed by atoms with van der Waals surface area (Å²) >= 11 is 1.19. The maximum absolute atomic E-state index is 10.2. The van der Waals surface area contributed by atoms with Gasteiger partial charge in [0.15, 0.2) is 0 Å². The average molecular weight is 173 g/mol. The second-order valence-electron chi connectivity index (χ2n) is 2.14. The van der Waals surface area contributed by atoms with Crippen molar-refractivity contribution < 1.29 is 10.0 Å². The number of aliphatic hydroxyl groups is 1. The fourth-order valence-corrected chi connectivity index (χ4v) is 1.45. The normalized spacial score (nSPS) is 12.9. The minimum Gasteiger partial charge on any atom is -0.388 e. The second kappa shape index (κ2) is 2.98. The highest BCUT2D eigenvalue weighted by Crippen LogP contribution is 2.25. The first-order chi connectivity index (χ1) is 5.11. The summed E-state index contributed by atoms with van der Waals surface area (Å²) < 4.78 is 0. The molecule has 1 heterocycles. The number of thiophene rings is 1. The molecule has 1 unspecified atom stereocenters. The predicted octanol–water partition coefficient (Wildman–Crippen LogP) is 1.71. The lowest BCUT2D eigenvalue weighted by molar-refractivity contribution is -0.384. The van der Waals surface area contributed by atoms with E-state index in [1.165, 1.54) is 22.8 Å². The van der Waals surface area contributed by atoms with Crippen molar-refractivity contribution in [1.82, 2.24) is 0 Å². The highest BCUT2D eigenvalue weighted by atomic mass is 32.1. The zero-order valence-electron chi connectivity index (χ0n) is 5.85. The van der Waals surface area contributed by atoms with Crippen LogP contribution in [0.5, 0.6) is 0 Å². The maximum Gasteiger partial charge on any atom is 0.280 e. The van der Waals surface area contributed by atoms with Gasteiger partial charge in [-0.25, -0.2) is 0 Å². The van der Waals surface area contributed by atoms with Crippen LogP contribution in [0, 0.1) is 10.1 Å². The Morgan fingerprint density at radius 1 is 1.82 bits per heavy atom. The average Bonchev–Trinajstić information content (AvgIpc) is 2.33. The van der Waals surface area contributed by atoms with Crippen LogP contribution in [0.2, 0.25) is 0 Å². The van der Waals surface area contributed by atoms with Crippen molar-refractivity contribution in [3.8, 4) is 0 Å². The van der Waals surface area contributed by atoms with Crippen LogP contribution in [0.15, 0.2) is 11.4 Å². The van der Waals surface area contributed by atoms with E-state index in [4.69, 9.17) is 5.11 Å². The molecule has 1 aromatic heterocycles. The molecule has 60 valence electrons. The summed E-state index contributed by atoms with van der Waals surface area (Å²) in [5.74, 6) is 0. The molecule has 0 saturated heterocycles. The summed E-state index contributed by atoms with van der Waals surface area (Å²) in [6.07, 6.45) is -0.617. The standard InChI is InChI=1S/C6H7NO3S/c1-4(8)6-2-5(3-11-6)7(9)10/h2-4,8H,1H3. The van der Waals surface area contributed by atoms with E-state index in [0.29, 0.717) is 4.88 Å². The van der Waals surface area contributed by atoms with Gasteiger partial charge in [0.1, 0.15) is 0 Å². The van der Waals surface area contributed by atoms with Crippen LogP contribution in [0.25, 0.3) is 0 Å². The van der Waals surface area contributed by atoms with E-state index < -0.39 is 11.0 Å². The summed E-state index contributed by atoms with van der Waals surface area (Å²) in [5, 5.41) is 20.6. The monoisotopic (exact) mass is 173 g/mol. The van der Waals surface area contributed by atoms with Gasteiger partial charge in [0, 0.05) is 10.9 Å². The van der Waals surface area contributed by atoms with Crippen LogP contribution in [0.3, 0.4) is 0 Å². The SMILES string of the molecule is CC(O)c1cc([N+](=O)[O-])cs1. The van der Waals surface area contributed by atoms with Crippen LogP contribution in [0.4, 0.5) is 5.69 Å². The van der Waals surface area contributed by atoms with E-state index in [1.807, 2.05) is 0 Å². The highest BCUT2D eigenvalue weighted by molar-refractivity contribution is 7.10. The number of rotatable bonds is 2. The number of aliphatic hydroxyl groups excluding tert-OH is 1. The van der Waals surface area contributed by atoms with Gasteiger partial charge in [-0.1, -0.05) is 0 Å². The van der Waals surface area contributed by atoms with E-state index in [-0.39, 0.29) is 5.69 Å². The lowest BCUT2D eigenvalue weighted by Crippen LogP contribution is -1.86. The zero-order chi connectivity index (χ0) is 8.43. The molecule has 5 heteroatoms. The quantitative estimate of drug-likeness (QED) is 0.547. The highest BCUT2D eigenvalue weighted by Gasteiger charge is 2.11. The molecule has 0 radical (unpaired) electrons. The van der Waals surface area contributed by atoms with Crippen LogP contribution in [0.1, 0.15) is 17.9 Å². The van der Waals surface area contributed by atoms with Gasteiger partial charge in [-0.05, 0) is 6.92 Å². The molecule has 0 aliphatic rings. The Labute approximate surface area is 67.2 Å². The first kappa shape index (κ1) is 8.16. The molecular formula is C6H7NO3S. The molecule has 0 aliphatic heterocycles. The smallest absolute Gasteiger partial charge is 0.280 e. The number of nitro groups is 1. The summed E-state index contributed by atoms with van der Waals surface area (Å²) in [6.45, 7) is 1.58. The van der Waals surface area contributed by atoms with Gasteiger partial charge in [-0.15, -0.1) is 11.3 Å². The Kier molecular flexibility index (Phi) is 2.21. The van der Waals surface area contributed by atoms with Crippen molar-refractivity contribution in [3.63, 3.8) is 0 Å². The van der Waals surface area contributed by atoms with Gasteiger partial charge in [0.05, 0.1) is 16.4 Å². The van der Waals surface area contributed by atoms with Crippen molar-refractivity contribution in [2.45, 2.75) is 13.0 Å².